The van der Waals surface area contributed by atoms with Gasteiger partial charge < -0.3 is 4.74 Å². The molecule has 6 heteroatoms. The number of hydrogen-bond acceptors (Lipinski definition) is 6. The van der Waals surface area contributed by atoms with Crippen molar-refractivity contribution in [3.05, 3.63) is 27.9 Å². The van der Waals surface area contributed by atoms with Gasteiger partial charge in [0.2, 0.25) is 0 Å². The van der Waals surface area contributed by atoms with Crippen LogP contribution in [0, 0.1) is 0 Å². The number of esters is 1. The molecule has 0 aliphatic heterocycles. The second kappa shape index (κ2) is 6.49. The molecule has 21 heavy (non-hydrogen) atoms. The Morgan fingerprint density at radius 2 is 2.29 bits per heavy atom. The number of rotatable bonds is 4. The molecule has 2 heterocycles. The summed E-state index contributed by atoms with van der Waals surface area (Å²) in [5.41, 5.74) is 1.78. The molecule has 1 aliphatic carbocycles. The highest BCUT2D eigenvalue weighted by atomic mass is 32.1. The predicted molar refractivity (Wildman–Crippen MR) is 82.5 cm³/mol. The van der Waals surface area contributed by atoms with Crippen molar-refractivity contribution >= 4 is 34.4 Å². The molecule has 0 aromatic carbocycles. The lowest BCUT2D eigenvalue weighted by atomic mass is 9.96. The summed E-state index contributed by atoms with van der Waals surface area (Å²) in [4.78, 5) is 28.0. The number of nitrogens with zero attached hydrogens (tertiary/aromatic N) is 1. The zero-order valence-corrected chi connectivity index (χ0v) is 13.0. The van der Waals surface area contributed by atoms with Crippen LogP contribution in [0.3, 0.4) is 0 Å². The molecule has 1 aliphatic rings. The first-order valence-corrected chi connectivity index (χ1v) is 8.74. The quantitative estimate of drug-likeness (QED) is 0.809. The lowest BCUT2D eigenvalue weighted by Crippen LogP contribution is -2.30. The maximum atomic E-state index is 11.9. The van der Waals surface area contributed by atoms with E-state index in [1.54, 1.807) is 11.3 Å². The van der Waals surface area contributed by atoms with Crippen LogP contribution >= 0.6 is 22.7 Å². The Labute approximate surface area is 130 Å². The topological polar surface area (TPSA) is 56.3 Å². The number of thiophene rings is 1. The number of thiazole rings is 1. The first-order valence-electron chi connectivity index (χ1n) is 6.91. The van der Waals surface area contributed by atoms with Crippen molar-refractivity contribution in [3.63, 3.8) is 0 Å². The van der Waals surface area contributed by atoms with Crippen LogP contribution in [-0.2, 0) is 20.7 Å². The molecule has 0 radical (unpaired) electrons. The lowest BCUT2D eigenvalue weighted by Gasteiger charge is -2.20. The van der Waals surface area contributed by atoms with E-state index in [1.165, 1.54) is 11.3 Å². The highest BCUT2D eigenvalue weighted by Crippen LogP contribution is 2.26. The molecular formula is C15H15NO3S2. The van der Waals surface area contributed by atoms with Crippen LogP contribution in [0.25, 0.3) is 10.6 Å². The van der Waals surface area contributed by atoms with Gasteiger partial charge in [-0.25, -0.2) is 4.98 Å². The van der Waals surface area contributed by atoms with E-state index in [0.29, 0.717) is 18.5 Å². The van der Waals surface area contributed by atoms with Crippen LogP contribution in [-0.4, -0.2) is 22.8 Å². The fourth-order valence-electron chi connectivity index (χ4n) is 2.33. The number of ketones is 1. The van der Waals surface area contributed by atoms with E-state index < -0.39 is 6.10 Å². The third-order valence-electron chi connectivity index (χ3n) is 3.42. The van der Waals surface area contributed by atoms with Crippen LogP contribution in [0.1, 0.15) is 31.4 Å². The van der Waals surface area contributed by atoms with E-state index in [1.807, 2.05) is 22.2 Å². The second-order valence-electron chi connectivity index (χ2n) is 5.02. The van der Waals surface area contributed by atoms with E-state index in [-0.39, 0.29) is 18.2 Å². The van der Waals surface area contributed by atoms with Crippen molar-refractivity contribution in [2.24, 2.45) is 0 Å². The van der Waals surface area contributed by atoms with E-state index in [9.17, 15) is 9.59 Å². The molecule has 4 nitrogen and oxygen atoms in total. The summed E-state index contributed by atoms with van der Waals surface area (Å²) in [6, 6.07) is 2.01. The number of carbonyl (C=O) groups excluding carboxylic acids is 2. The van der Waals surface area contributed by atoms with Crippen molar-refractivity contribution in [1.82, 2.24) is 4.98 Å². The summed E-state index contributed by atoms with van der Waals surface area (Å²) in [6.45, 7) is 0. The first-order chi connectivity index (χ1) is 10.2. The van der Waals surface area contributed by atoms with Gasteiger partial charge in [-0.05, 0) is 30.7 Å². The summed E-state index contributed by atoms with van der Waals surface area (Å²) < 4.78 is 5.29. The Morgan fingerprint density at radius 1 is 1.38 bits per heavy atom. The Morgan fingerprint density at radius 3 is 3.05 bits per heavy atom. The molecule has 3 rings (SSSR count). The molecule has 110 valence electrons. The number of Topliss-reactive ketones (excluding diaryl/α,β-unsaturated/α-hetero) is 1. The van der Waals surface area contributed by atoms with Crippen LogP contribution in [0.15, 0.2) is 22.2 Å². The normalized spacial score (nSPS) is 18.7. The molecule has 1 saturated carbocycles. The molecule has 2 aromatic rings. The van der Waals surface area contributed by atoms with Gasteiger partial charge in [-0.2, -0.15) is 11.3 Å². The summed E-state index contributed by atoms with van der Waals surface area (Å²) in [5, 5.41) is 6.81. The van der Waals surface area contributed by atoms with Gasteiger partial charge >= 0.3 is 5.97 Å². The smallest absolute Gasteiger partial charge is 0.312 e. The maximum Gasteiger partial charge on any atom is 0.312 e. The standard InChI is InChI=1S/C15H15NO3S2/c17-12-3-1-2-4-13(12)19-14(18)7-11-9-21-15(16-11)10-5-6-20-8-10/h5-6,8-9,13H,1-4,7H2/t13-/m1/s1. The van der Waals surface area contributed by atoms with E-state index >= 15 is 0 Å². The number of carbonyl (C=O) groups is 2. The molecule has 0 unspecified atom stereocenters. The zero-order valence-electron chi connectivity index (χ0n) is 11.4. The minimum atomic E-state index is -0.541. The maximum absolute atomic E-state index is 11.9. The molecule has 1 atom stereocenters. The largest absolute Gasteiger partial charge is 0.454 e. The minimum Gasteiger partial charge on any atom is -0.454 e. The summed E-state index contributed by atoms with van der Waals surface area (Å²) in [6.07, 6.45) is 2.62. The Balaban J connectivity index is 1.59. The molecule has 0 amide bonds. The van der Waals surface area contributed by atoms with Gasteiger partial charge in [-0.15, -0.1) is 11.3 Å². The van der Waals surface area contributed by atoms with Gasteiger partial charge in [0.1, 0.15) is 5.01 Å². The van der Waals surface area contributed by atoms with Crippen LogP contribution in [0.4, 0.5) is 0 Å². The van der Waals surface area contributed by atoms with E-state index in [2.05, 4.69) is 4.98 Å². The second-order valence-corrected chi connectivity index (χ2v) is 6.66. The average molecular weight is 321 g/mol. The molecule has 0 spiro atoms. The first kappa shape index (κ1) is 14.4. The van der Waals surface area contributed by atoms with Crippen LogP contribution < -0.4 is 0 Å². The van der Waals surface area contributed by atoms with Crippen LogP contribution in [0.2, 0.25) is 0 Å². The third-order valence-corrected chi connectivity index (χ3v) is 5.04. The van der Waals surface area contributed by atoms with Gasteiger partial charge in [0.05, 0.1) is 12.1 Å². The number of hydrogen-bond donors (Lipinski definition) is 0. The Hall–Kier alpha value is -1.53. The predicted octanol–water partition coefficient (Wildman–Crippen LogP) is 3.47. The fraction of sp³-hybridized carbons (Fsp3) is 0.400. The molecule has 0 saturated heterocycles. The van der Waals surface area contributed by atoms with Crippen molar-refractivity contribution in [3.8, 4) is 10.6 Å². The molecule has 1 fully saturated rings. The summed E-state index contributed by atoms with van der Waals surface area (Å²) in [5.74, 6) is -0.316. The fourth-order valence-corrected chi connectivity index (χ4v) is 3.86. The van der Waals surface area contributed by atoms with Crippen molar-refractivity contribution in [2.75, 3.05) is 0 Å². The Bertz CT molecular complexity index is 633. The van der Waals surface area contributed by atoms with E-state index in [0.717, 1.165) is 23.4 Å². The molecule has 0 bridgehead atoms. The molecule has 0 N–H and O–H groups in total. The summed E-state index contributed by atoms with van der Waals surface area (Å²) >= 11 is 3.14. The molecule has 2 aromatic heterocycles. The van der Waals surface area contributed by atoms with Gasteiger partial charge in [-0.3, -0.25) is 9.59 Å². The molecular weight excluding hydrogens is 306 g/mol. The van der Waals surface area contributed by atoms with E-state index in [4.69, 9.17) is 4.74 Å². The van der Waals surface area contributed by atoms with Crippen LogP contribution in [0.5, 0.6) is 0 Å². The highest BCUT2D eigenvalue weighted by molar-refractivity contribution is 7.14. The van der Waals surface area contributed by atoms with Gasteiger partial charge in [-0.1, -0.05) is 0 Å². The number of ether oxygens (including phenoxy) is 1. The SMILES string of the molecule is O=C(Cc1csc(-c2ccsc2)n1)O[C@@H]1CCCCC1=O. The number of aromatic nitrogens is 1. The average Bonchev–Trinajstić information content (AvgIpc) is 3.12. The van der Waals surface area contributed by atoms with Gasteiger partial charge in [0.15, 0.2) is 11.9 Å². The van der Waals surface area contributed by atoms with Crippen molar-refractivity contribution in [1.29, 1.82) is 0 Å². The zero-order chi connectivity index (χ0) is 14.7. The highest BCUT2D eigenvalue weighted by Gasteiger charge is 2.26. The monoisotopic (exact) mass is 321 g/mol. The summed E-state index contributed by atoms with van der Waals surface area (Å²) in [7, 11) is 0. The van der Waals surface area contributed by atoms with Crippen molar-refractivity contribution in [2.45, 2.75) is 38.2 Å². The lowest BCUT2D eigenvalue weighted by molar-refractivity contribution is -0.156. The third kappa shape index (κ3) is 3.57. The van der Waals surface area contributed by atoms with Gasteiger partial charge in [0, 0.05) is 22.7 Å². The Kier molecular flexibility index (Phi) is 4.45. The van der Waals surface area contributed by atoms with Crippen molar-refractivity contribution < 1.29 is 14.3 Å². The minimum absolute atomic E-state index is 0.0480. The van der Waals surface area contributed by atoms with Gasteiger partial charge in [0.25, 0.3) is 0 Å².